The molecule has 0 aliphatic heterocycles. The molecule has 0 saturated heterocycles. The topological polar surface area (TPSA) is 66.8 Å². The molecule has 1 aliphatic rings. The highest BCUT2D eigenvalue weighted by molar-refractivity contribution is 5.82. The zero-order chi connectivity index (χ0) is 9.90. The molecule has 0 amide bonds. The summed E-state index contributed by atoms with van der Waals surface area (Å²) in [6.45, 7) is 1.86. The third-order valence-corrected chi connectivity index (χ3v) is 1.74. The quantitative estimate of drug-likeness (QED) is 0.619. The molecule has 4 nitrogen and oxygen atoms in total. The Morgan fingerprint density at radius 3 is 3.00 bits per heavy atom. The van der Waals surface area contributed by atoms with Gasteiger partial charge in [-0.1, -0.05) is 6.08 Å². The zero-order valence-electron chi connectivity index (χ0n) is 7.36. The third-order valence-electron chi connectivity index (χ3n) is 1.74. The normalized spacial score (nSPS) is 26.8. The molecule has 0 aromatic heterocycles. The second-order valence-electron chi connectivity index (χ2n) is 2.84. The molecule has 2 N–H and O–H groups in total. The van der Waals surface area contributed by atoms with Crippen LogP contribution in [-0.2, 0) is 9.53 Å². The molecule has 0 heterocycles. The summed E-state index contributed by atoms with van der Waals surface area (Å²) in [7, 11) is 0. The standard InChI is InChI=1S/C9H12O4/c1-2-13-8(11)9(12)5-3-4-7(10)6-9/h3-5,10,12H,2,6H2,1H3. The average molecular weight is 184 g/mol. The second-order valence-corrected chi connectivity index (χ2v) is 2.84. The van der Waals surface area contributed by atoms with Gasteiger partial charge >= 0.3 is 5.97 Å². The summed E-state index contributed by atoms with van der Waals surface area (Å²) in [6, 6.07) is 0. The molecule has 0 radical (unpaired) electrons. The lowest BCUT2D eigenvalue weighted by Crippen LogP contribution is -2.39. The zero-order valence-corrected chi connectivity index (χ0v) is 7.36. The number of esters is 1. The van der Waals surface area contributed by atoms with Gasteiger partial charge in [-0.25, -0.2) is 4.79 Å². The van der Waals surface area contributed by atoms with E-state index in [2.05, 4.69) is 4.74 Å². The highest BCUT2D eigenvalue weighted by atomic mass is 16.5. The van der Waals surface area contributed by atoms with Gasteiger partial charge in [-0.05, 0) is 19.1 Å². The van der Waals surface area contributed by atoms with Crippen molar-refractivity contribution in [2.45, 2.75) is 18.9 Å². The van der Waals surface area contributed by atoms with Crippen molar-refractivity contribution >= 4 is 5.97 Å². The van der Waals surface area contributed by atoms with Crippen LogP contribution in [0.3, 0.4) is 0 Å². The van der Waals surface area contributed by atoms with Gasteiger partial charge in [0, 0.05) is 6.42 Å². The number of aliphatic hydroxyl groups excluding tert-OH is 1. The van der Waals surface area contributed by atoms with Crippen LogP contribution in [-0.4, -0.2) is 28.4 Å². The smallest absolute Gasteiger partial charge is 0.342 e. The monoisotopic (exact) mass is 184 g/mol. The first-order valence-electron chi connectivity index (χ1n) is 4.05. The lowest BCUT2D eigenvalue weighted by atomic mass is 9.94. The van der Waals surface area contributed by atoms with Gasteiger partial charge in [0.25, 0.3) is 0 Å². The molecule has 13 heavy (non-hydrogen) atoms. The Morgan fingerprint density at radius 1 is 1.77 bits per heavy atom. The minimum Gasteiger partial charge on any atom is -0.512 e. The summed E-state index contributed by atoms with van der Waals surface area (Å²) < 4.78 is 4.65. The lowest BCUT2D eigenvalue weighted by Gasteiger charge is -2.23. The summed E-state index contributed by atoms with van der Waals surface area (Å²) in [4.78, 5) is 11.2. The molecule has 1 atom stereocenters. The molecule has 1 aliphatic carbocycles. The second kappa shape index (κ2) is 3.62. The van der Waals surface area contributed by atoms with E-state index in [-0.39, 0.29) is 18.8 Å². The van der Waals surface area contributed by atoms with Crippen LogP contribution < -0.4 is 0 Å². The van der Waals surface area contributed by atoms with Gasteiger partial charge in [0.15, 0.2) is 5.60 Å². The van der Waals surface area contributed by atoms with Crippen LogP contribution in [0, 0.1) is 0 Å². The number of carbonyl (C=O) groups is 1. The Kier molecular flexibility index (Phi) is 2.72. The fourth-order valence-electron chi connectivity index (χ4n) is 1.11. The van der Waals surface area contributed by atoms with Gasteiger partial charge in [-0.3, -0.25) is 0 Å². The predicted octanol–water partition coefficient (Wildman–Crippen LogP) is 0.682. The van der Waals surface area contributed by atoms with E-state index in [1.54, 1.807) is 6.92 Å². The number of allylic oxidation sites excluding steroid dienone is 2. The van der Waals surface area contributed by atoms with Crippen molar-refractivity contribution in [3.63, 3.8) is 0 Å². The van der Waals surface area contributed by atoms with E-state index in [0.717, 1.165) is 0 Å². The van der Waals surface area contributed by atoms with Crippen molar-refractivity contribution in [3.05, 3.63) is 24.0 Å². The molecule has 0 spiro atoms. The van der Waals surface area contributed by atoms with Crippen LogP contribution in [0.25, 0.3) is 0 Å². The van der Waals surface area contributed by atoms with Crippen LogP contribution in [0.1, 0.15) is 13.3 Å². The average Bonchev–Trinajstić information content (AvgIpc) is 2.04. The van der Waals surface area contributed by atoms with E-state index in [0.29, 0.717) is 0 Å². The van der Waals surface area contributed by atoms with Gasteiger partial charge in [0.1, 0.15) is 0 Å². The third kappa shape index (κ3) is 2.09. The molecular formula is C9H12O4. The van der Waals surface area contributed by atoms with E-state index < -0.39 is 11.6 Å². The van der Waals surface area contributed by atoms with Crippen molar-refractivity contribution < 1.29 is 19.7 Å². The molecule has 1 rings (SSSR count). The fraction of sp³-hybridized carbons (Fsp3) is 0.444. The first-order valence-corrected chi connectivity index (χ1v) is 4.05. The molecule has 1 unspecified atom stereocenters. The molecule has 72 valence electrons. The van der Waals surface area contributed by atoms with Gasteiger partial charge in [-0.15, -0.1) is 0 Å². The SMILES string of the molecule is CCOC(=O)C1(O)C=CC=C(O)C1. The Morgan fingerprint density at radius 2 is 2.46 bits per heavy atom. The minimum absolute atomic E-state index is 0.0296. The molecule has 0 aromatic rings. The first-order chi connectivity index (χ1) is 6.08. The molecule has 4 heteroatoms. The lowest BCUT2D eigenvalue weighted by molar-refractivity contribution is -0.160. The van der Waals surface area contributed by atoms with Crippen molar-refractivity contribution in [1.82, 2.24) is 0 Å². The van der Waals surface area contributed by atoms with E-state index in [1.165, 1.54) is 18.2 Å². The first kappa shape index (κ1) is 9.80. The summed E-state index contributed by atoms with van der Waals surface area (Å²) in [5.41, 5.74) is -1.70. The summed E-state index contributed by atoms with van der Waals surface area (Å²) in [5, 5.41) is 18.8. The van der Waals surface area contributed by atoms with E-state index in [1.807, 2.05) is 0 Å². The van der Waals surface area contributed by atoms with Gasteiger partial charge in [0.05, 0.1) is 12.4 Å². The maximum absolute atomic E-state index is 11.2. The largest absolute Gasteiger partial charge is 0.512 e. The fourth-order valence-corrected chi connectivity index (χ4v) is 1.11. The number of hydrogen-bond donors (Lipinski definition) is 2. The number of aliphatic hydroxyl groups is 2. The van der Waals surface area contributed by atoms with Gasteiger partial charge in [0.2, 0.25) is 0 Å². The number of hydrogen-bond acceptors (Lipinski definition) is 4. The maximum Gasteiger partial charge on any atom is 0.342 e. The van der Waals surface area contributed by atoms with Crippen LogP contribution >= 0.6 is 0 Å². The molecule has 0 fully saturated rings. The van der Waals surface area contributed by atoms with Crippen molar-refractivity contribution in [1.29, 1.82) is 0 Å². The Bertz CT molecular complexity index is 267. The summed E-state index contributed by atoms with van der Waals surface area (Å²) >= 11 is 0. The Labute approximate surface area is 76.1 Å². The Hall–Kier alpha value is -1.29. The summed E-state index contributed by atoms with van der Waals surface area (Å²) in [6.07, 6.45) is 4.04. The van der Waals surface area contributed by atoms with E-state index in [9.17, 15) is 9.90 Å². The number of rotatable bonds is 2. The highest BCUT2D eigenvalue weighted by Gasteiger charge is 2.37. The minimum atomic E-state index is -1.70. The molecule has 0 aromatic carbocycles. The highest BCUT2D eigenvalue weighted by Crippen LogP contribution is 2.22. The van der Waals surface area contributed by atoms with E-state index >= 15 is 0 Å². The number of ether oxygens (including phenoxy) is 1. The van der Waals surface area contributed by atoms with Gasteiger partial charge in [-0.2, -0.15) is 0 Å². The predicted molar refractivity (Wildman–Crippen MR) is 46.1 cm³/mol. The van der Waals surface area contributed by atoms with Crippen LogP contribution in [0.2, 0.25) is 0 Å². The Balaban J connectivity index is 2.73. The van der Waals surface area contributed by atoms with E-state index in [4.69, 9.17) is 5.11 Å². The van der Waals surface area contributed by atoms with Crippen molar-refractivity contribution in [2.75, 3.05) is 6.61 Å². The molecule has 0 bridgehead atoms. The maximum atomic E-state index is 11.2. The van der Waals surface area contributed by atoms with Crippen LogP contribution in [0.5, 0.6) is 0 Å². The summed E-state index contributed by atoms with van der Waals surface area (Å²) in [5.74, 6) is -0.760. The van der Waals surface area contributed by atoms with Crippen LogP contribution in [0.4, 0.5) is 0 Å². The van der Waals surface area contributed by atoms with Crippen molar-refractivity contribution in [3.8, 4) is 0 Å². The van der Waals surface area contributed by atoms with Crippen molar-refractivity contribution in [2.24, 2.45) is 0 Å². The van der Waals surface area contributed by atoms with Crippen LogP contribution in [0.15, 0.2) is 24.0 Å². The number of carbonyl (C=O) groups excluding carboxylic acids is 1. The molecular weight excluding hydrogens is 172 g/mol. The van der Waals surface area contributed by atoms with Gasteiger partial charge < -0.3 is 14.9 Å². The molecule has 0 saturated carbocycles.